The van der Waals surface area contributed by atoms with Crippen molar-refractivity contribution in [3.8, 4) is 0 Å². The number of aromatic nitrogens is 2. The molecule has 8 heteroatoms. The molecular formula is C14H23N3O4S. The van der Waals surface area contributed by atoms with Crippen LogP contribution in [0.2, 0.25) is 0 Å². The molecule has 1 aliphatic carbocycles. The van der Waals surface area contributed by atoms with Gasteiger partial charge < -0.3 is 9.47 Å². The van der Waals surface area contributed by atoms with E-state index in [9.17, 15) is 8.42 Å². The van der Waals surface area contributed by atoms with Crippen molar-refractivity contribution in [3.05, 3.63) is 11.4 Å². The molecule has 0 unspecified atom stereocenters. The summed E-state index contributed by atoms with van der Waals surface area (Å²) < 4.78 is 40.7. The lowest BCUT2D eigenvalue weighted by Crippen LogP contribution is -2.53. The highest BCUT2D eigenvalue weighted by atomic mass is 32.2. The first-order valence-corrected chi connectivity index (χ1v) is 8.98. The first-order valence-electron chi connectivity index (χ1n) is 7.54. The van der Waals surface area contributed by atoms with E-state index in [2.05, 4.69) is 5.10 Å². The average molecular weight is 329 g/mol. The molecular weight excluding hydrogens is 306 g/mol. The van der Waals surface area contributed by atoms with E-state index in [-0.39, 0.29) is 18.2 Å². The van der Waals surface area contributed by atoms with Crippen LogP contribution in [0.4, 0.5) is 0 Å². The zero-order valence-electron chi connectivity index (χ0n) is 13.4. The lowest BCUT2D eigenvalue weighted by atomic mass is 10.2. The Bertz CT molecular complexity index is 670. The highest BCUT2D eigenvalue weighted by molar-refractivity contribution is 7.89. The summed E-state index contributed by atoms with van der Waals surface area (Å²) in [5.41, 5.74) is 1.21. The number of nitrogens with zero attached hydrogens (tertiary/aromatic N) is 3. The van der Waals surface area contributed by atoms with Gasteiger partial charge in [-0.25, -0.2) is 8.42 Å². The van der Waals surface area contributed by atoms with Gasteiger partial charge in [0.15, 0.2) is 0 Å². The molecule has 0 N–H and O–H groups in total. The predicted molar refractivity (Wildman–Crippen MR) is 80.1 cm³/mol. The minimum Gasteiger partial charge on any atom is -0.379 e. The molecule has 1 aromatic rings. The molecule has 2 heterocycles. The Hall–Kier alpha value is -0.960. The predicted octanol–water partition coefficient (Wildman–Crippen LogP) is 0.604. The van der Waals surface area contributed by atoms with Crippen molar-refractivity contribution in [1.29, 1.82) is 0 Å². The second kappa shape index (κ2) is 5.59. The fourth-order valence-electron chi connectivity index (χ4n) is 3.68. The number of sulfonamides is 1. The summed E-state index contributed by atoms with van der Waals surface area (Å²) in [6, 6.07) is -0.150. The summed E-state index contributed by atoms with van der Waals surface area (Å²) in [5, 5.41) is 4.24. The minimum absolute atomic E-state index is 0.0286. The van der Waals surface area contributed by atoms with Gasteiger partial charge in [0, 0.05) is 20.7 Å². The summed E-state index contributed by atoms with van der Waals surface area (Å²) in [6.45, 7) is 4.31. The van der Waals surface area contributed by atoms with Gasteiger partial charge in [0.2, 0.25) is 10.0 Å². The third-order valence-electron chi connectivity index (χ3n) is 4.80. The smallest absolute Gasteiger partial charge is 0.247 e. The zero-order valence-corrected chi connectivity index (χ0v) is 14.3. The van der Waals surface area contributed by atoms with Crippen LogP contribution < -0.4 is 0 Å². The van der Waals surface area contributed by atoms with Gasteiger partial charge in [-0.15, -0.1) is 0 Å². The second-order valence-corrected chi connectivity index (χ2v) is 7.82. The van der Waals surface area contributed by atoms with Gasteiger partial charge >= 0.3 is 0 Å². The van der Waals surface area contributed by atoms with Gasteiger partial charge in [-0.05, 0) is 26.7 Å². The van der Waals surface area contributed by atoms with Crippen LogP contribution >= 0.6 is 0 Å². The summed E-state index contributed by atoms with van der Waals surface area (Å²) in [7, 11) is -0.158. The lowest BCUT2D eigenvalue weighted by Gasteiger charge is -2.37. The molecule has 7 nitrogen and oxygen atoms in total. The maximum atomic E-state index is 13.2. The molecule has 0 spiro atoms. The summed E-state index contributed by atoms with van der Waals surface area (Å²) >= 11 is 0. The van der Waals surface area contributed by atoms with Gasteiger partial charge in [-0.1, -0.05) is 0 Å². The first kappa shape index (κ1) is 15.9. The fraction of sp³-hybridized carbons (Fsp3) is 0.786. The third-order valence-corrected chi connectivity index (χ3v) is 6.97. The number of ether oxygens (including phenoxy) is 2. The standard InChI is InChI=1S/C14H23N3O4S/c1-9-14(10(2)16(3)15-9)22(18,19)17-7-8-21-13-11(17)5-6-12(13)20-4/h11-13H,5-8H2,1-4H3/t11-,12+,13+/m0/s1. The highest BCUT2D eigenvalue weighted by Crippen LogP contribution is 2.36. The van der Waals surface area contributed by atoms with Crippen LogP contribution in [0, 0.1) is 13.8 Å². The molecule has 0 amide bonds. The van der Waals surface area contributed by atoms with Crippen molar-refractivity contribution in [3.63, 3.8) is 0 Å². The number of methoxy groups -OCH3 is 1. The molecule has 3 rings (SSSR count). The van der Waals surface area contributed by atoms with Crippen LogP contribution in [0.3, 0.4) is 0 Å². The Morgan fingerprint density at radius 1 is 1.32 bits per heavy atom. The van der Waals surface area contributed by atoms with Crippen molar-refractivity contribution < 1.29 is 17.9 Å². The topological polar surface area (TPSA) is 73.7 Å². The number of morpholine rings is 1. The van der Waals surface area contributed by atoms with Gasteiger partial charge in [-0.2, -0.15) is 9.40 Å². The van der Waals surface area contributed by atoms with Crippen LogP contribution in [-0.2, 0) is 26.5 Å². The Morgan fingerprint density at radius 3 is 2.64 bits per heavy atom. The maximum absolute atomic E-state index is 13.2. The molecule has 1 saturated heterocycles. The number of hydrogen-bond acceptors (Lipinski definition) is 5. The average Bonchev–Trinajstić information content (AvgIpc) is 2.99. The van der Waals surface area contributed by atoms with E-state index in [0.29, 0.717) is 29.4 Å². The van der Waals surface area contributed by atoms with Gasteiger partial charge in [-0.3, -0.25) is 4.68 Å². The summed E-state index contributed by atoms with van der Waals surface area (Å²) in [6.07, 6.45) is 1.38. The van der Waals surface area contributed by atoms with Crippen LogP contribution in [0.5, 0.6) is 0 Å². The molecule has 1 saturated carbocycles. The third kappa shape index (κ3) is 2.29. The summed E-state index contributed by atoms with van der Waals surface area (Å²) in [5.74, 6) is 0. The quantitative estimate of drug-likeness (QED) is 0.812. The van der Waals surface area contributed by atoms with E-state index in [1.807, 2.05) is 0 Å². The molecule has 1 aliphatic heterocycles. The highest BCUT2D eigenvalue weighted by Gasteiger charge is 2.48. The molecule has 3 atom stereocenters. The summed E-state index contributed by atoms with van der Waals surface area (Å²) in [4.78, 5) is 0.330. The lowest BCUT2D eigenvalue weighted by molar-refractivity contribution is -0.0848. The van der Waals surface area contributed by atoms with Gasteiger partial charge in [0.1, 0.15) is 11.0 Å². The molecule has 124 valence electrons. The van der Waals surface area contributed by atoms with E-state index < -0.39 is 10.0 Å². The SMILES string of the molecule is CO[C@@H]1CC[C@H]2[C@H]1OCCN2S(=O)(=O)c1c(C)nn(C)c1C. The van der Waals surface area contributed by atoms with Gasteiger partial charge in [0.05, 0.1) is 30.1 Å². The number of rotatable bonds is 3. The first-order chi connectivity index (χ1) is 10.4. The second-order valence-electron chi connectivity index (χ2n) is 5.99. The Morgan fingerprint density at radius 2 is 2.05 bits per heavy atom. The molecule has 0 bridgehead atoms. The van der Waals surface area contributed by atoms with Crippen LogP contribution in [0.15, 0.2) is 4.90 Å². The molecule has 22 heavy (non-hydrogen) atoms. The molecule has 1 aromatic heterocycles. The van der Waals surface area contributed by atoms with Crippen molar-refractivity contribution in [2.45, 2.75) is 49.8 Å². The molecule has 0 radical (unpaired) electrons. The van der Waals surface area contributed by atoms with Crippen LogP contribution in [0.1, 0.15) is 24.2 Å². The fourth-order valence-corrected chi connectivity index (χ4v) is 5.73. The Labute approximate surface area is 131 Å². The largest absolute Gasteiger partial charge is 0.379 e. The monoisotopic (exact) mass is 329 g/mol. The van der Waals surface area contributed by atoms with Crippen molar-refractivity contribution in [1.82, 2.24) is 14.1 Å². The van der Waals surface area contributed by atoms with E-state index >= 15 is 0 Å². The van der Waals surface area contributed by atoms with E-state index in [0.717, 1.165) is 12.8 Å². The van der Waals surface area contributed by atoms with Crippen molar-refractivity contribution >= 4 is 10.0 Å². The molecule has 2 aliphatic rings. The molecule has 0 aromatic carbocycles. The zero-order chi connectivity index (χ0) is 16.1. The normalized spacial score (nSPS) is 29.7. The number of hydrogen-bond donors (Lipinski definition) is 0. The van der Waals surface area contributed by atoms with Crippen LogP contribution in [-0.4, -0.2) is 61.0 Å². The van der Waals surface area contributed by atoms with E-state index in [4.69, 9.17) is 9.47 Å². The van der Waals surface area contributed by atoms with Crippen LogP contribution in [0.25, 0.3) is 0 Å². The van der Waals surface area contributed by atoms with E-state index in [1.54, 1.807) is 37.0 Å². The Kier molecular flexibility index (Phi) is 4.05. The Balaban J connectivity index is 1.99. The van der Waals surface area contributed by atoms with Gasteiger partial charge in [0.25, 0.3) is 0 Å². The van der Waals surface area contributed by atoms with Crippen molar-refractivity contribution in [2.24, 2.45) is 7.05 Å². The maximum Gasteiger partial charge on any atom is 0.247 e. The number of fused-ring (bicyclic) bond motifs is 1. The number of aryl methyl sites for hydroxylation is 2. The van der Waals surface area contributed by atoms with Crippen molar-refractivity contribution in [2.75, 3.05) is 20.3 Å². The minimum atomic E-state index is -3.57. The van der Waals surface area contributed by atoms with E-state index in [1.165, 1.54) is 0 Å². The molecule has 2 fully saturated rings.